The van der Waals surface area contributed by atoms with Crippen molar-refractivity contribution in [3.63, 3.8) is 0 Å². The van der Waals surface area contributed by atoms with Crippen molar-refractivity contribution in [2.45, 2.75) is 6.42 Å². The number of carbonyl (C=O) groups is 3. The molecule has 0 saturated carbocycles. The molecule has 2 aromatic carbocycles. The van der Waals surface area contributed by atoms with Crippen LogP contribution in [0.15, 0.2) is 73.1 Å². The van der Waals surface area contributed by atoms with Crippen LogP contribution in [0.1, 0.15) is 32.0 Å². The minimum absolute atomic E-state index is 0.0457. The van der Waals surface area contributed by atoms with E-state index in [2.05, 4.69) is 4.98 Å². The van der Waals surface area contributed by atoms with Crippen LogP contribution in [-0.2, 0) is 18.3 Å². The van der Waals surface area contributed by atoms with Gasteiger partial charge in [0.05, 0.1) is 0 Å². The number of fused-ring (bicyclic) bond motifs is 1. The molecule has 4 aromatic rings. The summed E-state index contributed by atoms with van der Waals surface area (Å²) < 4.78 is 1.81. The number of carboxylic acid groups (broad SMARTS) is 1. The molecule has 9 nitrogen and oxygen atoms in total. The zero-order chi connectivity index (χ0) is 25.1. The van der Waals surface area contributed by atoms with Crippen molar-refractivity contribution in [1.29, 1.82) is 5.41 Å². The molecular weight excluding hydrogens is 446 g/mol. The number of amides is 1. The zero-order valence-corrected chi connectivity index (χ0v) is 18.9. The number of rotatable bonds is 8. The highest BCUT2D eigenvalue weighted by Gasteiger charge is 2.23. The van der Waals surface area contributed by atoms with Gasteiger partial charge < -0.3 is 15.4 Å². The summed E-state index contributed by atoms with van der Waals surface area (Å²) in [5, 5.41) is 17.5. The Balaban J connectivity index is 1.70. The van der Waals surface area contributed by atoms with E-state index < -0.39 is 18.4 Å². The quantitative estimate of drug-likeness (QED) is 0.206. The molecule has 0 unspecified atom stereocenters. The summed E-state index contributed by atoms with van der Waals surface area (Å²) in [5.41, 5.74) is 8.53. The van der Waals surface area contributed by atoms with Gasteiger partial charge in [0.25, 0.3) is 5.91 Å². The highest BCUT2D eigenvalue weighted by molar-refractivity contribution is 6.12. The third kappa shape index (κ3) is 4.93. The van der Waals surface area contributed by atoms with E-state index in [1.54, 1.807) is 60.8 Å². The lowest BCUT2D eigenvalue weighted by molar-refractivity contribution is -0.135. The number of nitrogens with zero attached hydrogens (tertiary/aromatic N) is 3. The third-order valence-corrected chi connectivity index (χ3v) is 5.64. The van der Waals surface area contributed by atoms with E-state index in [0.29, 0.717) is 22.2 Å². The Hall–Kier alpha value is -4.79. The van der Waals surface area contributed by atoms with Crippen LogP contribution in [0.2, 0.25) is 0 Å². The van der Waals surface area contributed by atoms with Crippen LogP contribution < -0.4 is 10.6 Å². The summed E-state index contributed by atoms with van der Waals surface area (Å²) in [6.07, 6.45) is 3.32. The first kappa shape index (κ1) is 23.4. The highest BCUT2D eigenvalue weighted by Crippen LogP contribution is 2.28. The maximum atomic E-state index is 13.2. The van der Waals surface area contributed by atoms with Gasteiger partial charge in [-0.25, -0.2) is 0 Å². The number of ketones is 1. The molecular formula is C26H23N5O4. The number of hydrogen-bond acceptors (Lipinski definition) is 5. The molecule has 0 radical (unpaired) electrons. The van der Waals surface area contributed by atoms with Crippen molar-refractivity contribution in [3.05, 3.63) is 95.4 Å². The first-order chi connectivity index (χ1) is 16.7. The Labute approximate surface area is 200 Å². The number of nitrogens with one attached hydrogen (secondary N) is 1. The van der Waals surface area contributed by atoms with Crippen LogP contribution in [0.3, 0.4) is 0 Å². The normalized spacial score (nSPS) is 10.8. The van der Waals surface area contributed by atoms with Crippen LogP contribution in [0.4, 0.5) is 5.69 Å². The molecule has 0 bridgehead atoms. The number of Topliss-reactive ketones (excluding diaryl/α,β-unsaturated/α-hetero) is 1. The Morgan fingerprint density at radius 3 is 2.46 bits per heavy atom. The minimum Gasteiger partial charge on any atom is -0.480 e. The van der Waals surface area contributed by atoms with Crippen molar-refractivity contribution < 1.29 is 19.5 Å². The molecule has 0 aliphatic carbocycles. The summed E-state index contributed by atoms with van der Waals surface area (Å²) >= 11 is 0. The second-order valence-corrected chi connectivity index (χ2v) is 8.07. The topological polar surface area (TPSA) is 142 Å². The Kier molecular flexibility index (Phi) is 6.41. The number of amidine groups is 1. The third-order valence-electron chi connectivity index (χ3n) is 5.64. The van der Waals surface area contributed by atoms with Crippen LogP contribution in [0.5, 0.6) is 0 Å². The average molecular weight is 470 g/mol. The van der Waals surface area contributed by atoms with Gasteiger partial charge in [-0.3, -0.25) is 29.7 Å². The molecule has 9 heteroatoms. The van der Waals surface area contributed by atoms with Crippen molar-refractivity contribution in [2.24, 2.45) is 12.8 Å². The SMILES string of the molecule is Cn1cc(C(=O)Cc2ccc(C(=N)N)cc2)c2cc(N(CC(=O)O)C(=O)c3ccccn3)ccc21. The number of carbonyl (C=O) groups excluding carboxylic acids is 2. The second kappa shape index (κ2) is 9.60. The van der Waals surface area contributed by atoms with Gasteiger partial charge in [-0.1, -0.05) is 30.3 Å². The van der Waals surface area contributed by atoms with E-state index in [4.69, 9.17) is 11.1 Å². The largest absolute Gasteiger partial charge is 0.480 e. The molecule has 1 amide bonds. The van der Waals surface area contributed by atoms with Gasteiger partial charge in [-0.05, 0) is 35.9 Å². The van der Waals surface area contributed by atoms with E-state index in [1.165, 1.54) is 12.3 Å². The fraction of sp³-hybridized carbons (Fsp3) is 0.115. The van der Waals surface area contributed by atoms with Crippen molar-refractivity contribution in [1.82, 2.24) is 9.55 Å². The van der Waals surface area contributed by atoms with Gasteiger partial charge in [0.15, 0.2) is 5.78 Å². The summed E-state index contributed by atoms with van der Waals surface area (Å²) in [4.78, 5) is 43.0. The lowest BCUT2D eigenvalue weighted by Crippen LogP contribution is -2.36. The molecule has 0 aliphatic rings. The average Bonchev–Trinajstić information content (AvgIpc) is 3.18. The molecule has 35 heavy (non-hydrogen) atoms. The molecule has 0 fully saturated rings. The maximum absolute atomic E-state index is 13.2. The predicted octanol–water partition coefficient (Wildman–Crippen LogP) is 3.01. The first-order valence-electron chi connectivity index (χ1n) is 10.7. The summed E-state index contributed by atoms with van der Waals surface area (Å²) in [5.74, 6) is -1.91. The maximum Gasteiger partial charge on any atom is 0.323 e. The fourth-order valence-electron chi connectivity index (χ4n) is 3.90. The summed E-state index contributed by atoms with van der Waals surface area (Å²) in [7, 11) is 1.81. The number of pyridine rings is 1. The van der Waals surface area contributed by atoms with Crippen LogP contribution in [-0.4, -0.2) is 44.7 Å². The Bertz CT molecular complexity index is 1440. The van der Waals surface area contributed by atoms with Gasteiger partial charge >= 0.3 is 5.97 Å². The van der Waals surface area contributed by atoms with Crippen molar-refractivity contribution in [3.8, 4) is 0 Å². The first-order valence-corrected chi connectivity index (χ1v) is 10.7. The Morgan fingerprint density at radius 1 is 1.09 bits per heavy atom. The van der Waals surface area contributed by atoms with E-state index in [-0.39, 0.29) is 23.7 Å². The van der Waals surface area contributed by atoms with Crippen molar-refractivity contribution >= 4 is 40.1 Å². The molecule has 0 saturated heterocycles. The number of carboxylic acids is 1. The number of anilines is 1. The monoisotopic (exact) mass is 469 g/mol. The number of nitrogen functional groups attached to an aromatic ring is 1. The summed E-state index contributed by atoms with van der Waals surface area (Å²) in [6, 6.07) is 16.8. The lowest BCUT2D eigenvalue weighted by Gasteiger charge is -2.21. The van der Waals surface area contributed by atoms with Crippen LogP contribution in [0, 0.1) is 5.41 Å². The molecule has 0 aliphatic heterocycles. The molecule has 4 rings (SSSR count). The van der Waals surface area contributed by atoms with E-state index in [1.807, 2.05) is 11.6 Å². The zero-order valence-electron chi connectivity index (χ0n) is 18.9. The van der Waals surface area contributed by atoms with Gasteiger partial charge in [-0.15, -0.1) is 0 Å². The standard InChI is InChI=1S/C26H23N5O4/c1-30-14-20(23(32)12-16-5-7-17(8-6-16)25(27)28)19-13-18(9-10-22(19)30)31(15-24(33)34)26(35)21-4-2-3-11-29-21/h2-11,13-14H,12,15H2,1H3,(H3,27,28)(H,33,34). The number of aliphatic carboxylic acids is 1. The molecule has 0 spiro atoms. The number of nitrogens with two attached hydrogens (primary N) is 1. The molecule has 2 aromatic heterocycles. The van der Waals surface area contributed by atoms with Gasteiger partial charge in [-0.2, -0.15) is 0 Å². The van der Waals surface area contributed by atoms with E-state index in [9.17, 15) is 19.5 Å². The van der Waals surface area contributed by atoms with Crippen LogP contribution in [0.25, 0.3) is 10.9 Å². The van der Waals surface area contributed by atoms with E-state index >= 15 is 0 Å². The highest BCUT2D eigenvalue weighted by atomic mass is 16.4. The van der Waals surface area contributed by atoms with E-state index in [0.717, 1.165) is 16.0 Å². The van der Waals surface area contributed by atoms with Gasteiger partial charge in [0.2, 0.25) is 0 Å². The molecule has 4 N–H and O–H groups in total. The molecule has 0 atom stereocenters. The number of aryl methyl sites for hydroxylation is 1. The summed E-state index contributed by atoms with van der Waals surface area (Å²) in [6.45, 7) is -0.556. The number of aromatic nitrogens is 2. The van der Waals surface area contributed by atoms with Crippen molar-refractivity contribution in [2.75, 3.05) is 11.4 Å². The molecule has 176 valence electrons. The predicted molar refractivity (Wildman–Crippen MR) is 132 cm³/mol. The van der Waals surface area contributed by atoms with Crippen LogP contribution >= 0.6 is 0 Å². The Morgan fingerprint density at radius 2 is 1.83 bits per heavy atom. The number of benzene rings is 2. The van der Waals surface area contributed by atoms with Gasteiger partial charge in [0, 0.05) is 53.6 Å². The smallest absolute Gasteiger partial charge is 0.323 e. The number of hydrogen-bond donors (Lipinski definition) is 3. The second-order valence-electron chi connectivity index (χ2n) is 8.07. The van der Waals surface area contributed by atoms with Gasteiger partial charge in [0.1, 0.15) is 18.1 Å². The lowest BCUT2D eigenvalue weighted by atomic mass is 10.0. The minimum atomic E-state index is -1.17. The molecule has 2 heterocycles. The fourth-order valence-corrected chi connectivity index (χ4v) is 3.90.